The molecule has 0 aromatic heterocycles. The van der Waals surface area contributed by atoms with E-state index in [-0.39, 0.29) is 62.8 Å². The molecular weight excluding hydrogens is 833 g/mol. The maximum absolute atomic E-state index is 7.65. The molecule has 0 amide bonds. The zero-order valence-corrected chi connectivity index (χ0v) is 25.1. The van der Waals surface area contributed by atoms with Gasteiger partial charge in [-0.2, -0.15) is 0 Å². The van der Waals surface area contributed by atoms with Gasteiger partial charge < -0.3 is 44.8 Å². The summed E-state index contributed by atoms with van der Waals surface area (Å²) >= 11 is 0. The van der Waals surface area contributed by atoms with Gasteiger partial charge in [0.1, 0.15) is 0 Å². The van der Waals surface area contributed by atoms with Crippen molar-refractivity contribution >= 4 is 46.6 Å². The van der Waals surface area contributed by atoms with E-state index in [9.17, 15) is 0 Å². The van der Waals surface area contributed by atoms with E-state index >= 15 is 0 Å². The predicted octanol–water partition coefficient (Wildman–Crippen LogP) is 9.07. The first kappa shape index (κ1) is 41.7. The molecule has 4 aromatic rings. The number of aliphatic imine (C=N–C) groups is 2. The molecule has 0 spiro atoms. The van der Waals surface area contributed by atoms with Gasteiger partial charge in [0.15, 0.2) is 0 Å². The Morgan fingerprint density at radius 1 is 0.421 bits per heavy atom. The minimum Gasteiger partial charge on any atom is -2.00 e. The van der Waals surface area contributed by atoms with Crippen molar-refractivity contribution in [2.75, 3.05) is 0 Å². The summed E-state index contributed by atoms with van der Waals surface area (Å²) in [6.45, 7) is 0. The predicted molar refractivity (Wildman–Crippen MR) is 140 cm³/mol. The van der Waals surface area contributed by atoms with Gasteiger partial charge in [0.2, 0.25) is 0 Å². The first-order chi connectivity index (χ1) is 15.5. The molecule has 0 aliphatic rings. The van der Waals surface area contributed by atoms with Crippen molar-refractivity contribution in [2.45, 2.75) is 0 Å². The third-order valence-electron chi connectivity index (χ3n) is 4.42. The standard InChI is InChI=1S/2C13H11N3.H2O.3O.2Re/c2*14-11-6-2-1-5-10(11)9-16-13-8-4-3-7-12(13)15;;;;;;/h2*1-9,14-15H;1H2;;;;;/q2*-2;;3*-2;;/p-1. The molecule has 38 heavy (non-hydrogen) atoms. The fraction of sp³-hybridized carbons (Fsp3) is 0. The van der Waals surface area contributed by atoms with Crippen LogP contribution in [0.3, 0.4) is 0 Å². The molecule has 0 aliphatic carbocycles. The Morgan fingerprint density at radius 2 is 0.684 bits per heavy atom. The molecule has 12 heteroatoms. The van der Waals surface area contributed by atoms with Crippen LogP contribution in [-0.4, -0.2) is 17.9 Å². The number of benzene rings is 4. The molecule has 0 fully saturated rings. The third-order valence-corrected chi connectivity index (χ3v) is 4.42. The minimum atomic E-state index is 0. The smallest absolute Gasteiger partial charge is 0.0479 e. The number of nitrogens with zero attached hydrogens (tertiary/aromatic N) is 2. The van der Waals surface area contributed by atoms with E-state index in [1.54, 1.807) is 61.0 Å². The summed E-state index contributed by atoms with van der Waals surface area (Å²) < 4.78 is 0. The van der Waals surface area contributed by atoms with Crippen LogP contribution in [0.5, 0.6) is 0 Å². The Labute approximate surface area is 249 Å². The third kappa shape index (κ3) is 12.7. The van der Waals surface area contributed by atoms with Crippen LogP contribution in [0.25, 0.3) is 22.9 Å². The average Bonchev–Trinajstić information content (AvgIpc) is 2.80. The maximum Gasteiger partial charge on any atom is 0.0479 e. The molecule has 4 aromatic carbocycles. The zero-order chi connectivity index (χ0) is 22.8. The van der Waals surface area contributed by atoms with Crippen molar-refractivity contribution in [3.63, 3.8) is 0 Å². The van der Waals surface area contributed by atoms with Crippen LogP contribution in [0.1, 0.15) is 11.1 Å². The first-order valence-electron chi connectivity index (χ1n) is 9.85. The second kappa shape index (κ2) is 21.6. The molecule has 2 radical (unpaired) electrons. The van der Waals surface area contributed by atoms with Gasteiger partial charge in [-0.15, -0.1) is 22.7 Å². The summed E-state index contributed by atoms with van der Waals surface area (Å²) in [4.78, 5) is 8.41. The van der Waals surface area contributed by atoms with E-state index in [0.29, 0.717) is 34.1 Å². The fourth-order valence-electron chi connectivity index (χ4n) is 2.67. The minimum absolute atomic E-state index is 0. The molecule has 4 rings (SSSR count). The summed E-state index contributed by atoms with van der Waals surface area (Å²) in [7, 11) is 0. The monoisotopic (exact) mass is 857 g/mol. The molecule has 0 heterocycles. The van der Waals surface area contributed by atoms with Gasteiger partial charge in [-0.1, -0.05) is 84.9 Å². The van der Waals surface area contributed by atoms with Crippen LogP contribution in [0, 0.1) is 0 Å². The van der Waals surface area contributed by atoms with Crippen LogP contribution in [0.2, 0.25) is 0 Å². The van der Waals surface area contributed by atoms with E-state index in [4.69, 9.17) is 22.9 Å². The van der Waals surface area contributed by atoms with E-state index in [1.807, 2.05) is 48.5 Å². The van der Waals surface area contributed by atoms with Crippen molar-refractivity contribution in [1.82, 2.24) is 0 Å². The number of para-hydroxylation sites is 2. The Kier molecular flexibility index (Phi) is 23.8. The second-order valence-electron chi connectivity index (χ2n) is 6.73. The summed E-state index contributed by atoms with van der Waals surface area (Å²) in [6.07, 6.45) is 3.24. The summed E-state index contributed by atoms with van der Waals surface area (Å²) in [5.41, 5.74) is 35.0. The normalized spacial score (nSPS) is 9.05. The van der Waals surface area contributed by atoms with Crippen LogP contribution < -0.4 is 0 Å². The molecule has 0 unspecified atom stereocenters. The van der Waals surface area contributed by atoms with Crippen molar-refractivity contribution in [2.24, 2.45) is 9.98 Å². The quantitative estimate of drug-likeness (QED) is 0.179. The summed E-state index contributed by atoms with van der Waals surface area (Å²) in [5.74, 6) is 0. The fourth-order valence-corrected chi connectivity index (χ4v) is 2.67. The van der Waals surface area contributed by atoms with Crippen LogP contribution in [0.15, 0.2) is 107 Å². The number of rotatable bonds is 4. The Morgan fingerprint density at radius 3 is 0.974 bits per heavy atom. The number of hydrogen-bond donors (Lipinski definition) is 0. The van der Waals surface area contributed by atoms with E-state index in [1.165, 1.54) is 0 Å². The number of nitrogens with one attached hydrogen (secondary N) is 4. The molecule has 0 saturated carbocycles. The van der Waals surface area contributed by atoms with Gasteiger partial charge in [0, 0.05) is 64.6 Å². The Balaban J connectivity index is -0.000000263. The van der Waals surface area contributed by atoms with Gasteiger partial charge in [0.05, 0.1) is 0 Å². The van der Waals surface area contributed by atoms with Crippen molar-refractivity contribution in [3.8, 4) is 0 Å². The summed E-state index contributed by atoms with van der Waals surface area (Å²) in [6, 6.07) is 28.7. The van der Waals surface area contributed by atoms with E-state index in [2.05, 4.69) is 9.98 Å². The van der Waals surface area contributed by atoms with Crippen LogP contribution >= 0.6 is 0 Å². The van der Waals surface area contributed by atoms with E-state index in [0.717, 1.165) is 11.1 Å². The zero-order valence-electron chi connectivity index (χ0n) is 19.7. The molecule has 0 saturated heterocycles. The van der Waals surface area contributed by atoms with Crippen molar-refractivity contribution in [3.05, 3.63) is 131 Å². The first-order valence-corrected chi connectivity index (χ1v) is 9.85. The molecule has 206 valence electrons. The van der Waals surface area contributed by atoms with Crippen LogP contribution in [0.4, 0.5) is 34.1 Å². The Bertz CT molecular complexity index is 1070. The van der Waals surface area contributed by atoms with Gasteiger partial charge in [0.25, 0.3) is 0 Å². The summed E-state index contributed by atoms with van der Waals surface area (Å²) in [5, 5.41) is 0. The molecule has 0 bridgehead atoms. The maximum atomic E-state index is 7.65. The average molecular weight is 856 g/mol. The second-order valence-corrected chi connectivity index (χ2v) is 6.73. The SMILES string of the molecule is [NH-]c1ccccc1C=Nc1ccccc1[NH-].[NH-]c1ccccc1C=Nc1ccccc1[NH-].[O-2].[O-2].[O-2].[OH-].[Re].[Re]. The molecule has 0 aliphatic heterocycles. The van der Waals surface area contributed by atoms with Gasteiger partial charge >= 0.3 is 0 Å². The Hall–Kier alpha value is -3.42. The largest absolute Gasteiger partial charge is 2.00 e. The van der Waals surface area contributed by atoms with Crippen molar-refractivity contribution < 1.29 is 62.8 Å². The topological polar surface area (TPSA) is 235 Å². The van der Waals surface area contributed by atoms with Crippen molar-refractivity contribution in [1.29, 1.82) is 0 Å². The van der Waals surface area contributed by atoms with Crippen LogP contribution in [-0.2, 0) is 57.3 Å². The molecule has 10 nitrogen and oxygen atoms in total. The molecule has 5 N–H and O–H groups in total. The van der Waals surface area contributed by atoms with Gasteiger partial charge in [-0.3, -0.25) is 9.98 Å². The van der Waals surface area contributed by atoms with Gasteiger partial charge in [-0.05, 0) is 23.3 Å². The van der Waals surface area contributed by atoms with E-state index < -0.39 is 0 Å². The van der Waals surface area contributed by atoms with Gasteiger partial charge in [-0.25, -0.2) is 0 Å². The molecule has 0 atom stereocenters. The number of hydrogen-bond acceptors (Lipinski definition) is 3. The molecular formula is C26H23N6O4Re2-11.